The number of nitrogens with two attached hydrogens (primary N) is 1. The molecule has 0 saturated heterocycles. The zero-order valence-electron chi connectivity index (χ0n) is 11.8. The molecule has 0 aromatic heterocycles. The minimum atomic E-state index is -0.0745. The number of thioether (sulfide) groups is 1. The summed E-state index contributed by atoms with van der Waals surface area (Å²) in [6.07, 6.45) is 5.87. The molecule has 5 heteroatoms. The number of nitrogens with zero attached hydrogens (tertiary/aromatic N) is 1. The lowest BCUT2D eigenvalue weighted by Gasteiger charge is -2.20. The summed E-state index contributed by atoms with van der Waals surface area (Å²) in [7, 11) is 0. The van der Waals surface area contributed by atoms with Crippen LogP contribution in [0.3, 0.4) is 0 Å². The Hall–Kier alpha value is -1.20. The average molecular weight is 293 g/mol. The van der Waals surface area contributed by atoms with Gasteiger partial charge in [0.1, 0.15) is 5.84 Å². The van der Waals surface area contributed by atoms with Gasteiger partial charge in [0.15, 0.2) is 0 Å². The number of rotatable bonds is 6. The van der Waals surface area contributed by atoms with Crippen LogP contribution >= 0.6 is 11.8 Å². The van der Waals surface area contributed by atoms with E-state index in [0.29, 0.717) is 12.6 Å². The molecule has 1 aliphatic rings. The predicted octanol–water partition coefficient (Wildman–Crippen LogP) is 2.39. The Kier molecular flexibility index (Phi) is 5.73. The van der Waals surface area contributed by atoms with Crippen molar-refractivity contribution in [2.45, 2.75) is 36.5 Å². The molecule has 0 radical (unpaired) electrons. The van der Waals surface area contributed by atoms with Crippen molar-refractivity contribution >= 4 is 17.6 Å². The Morgan fingerprint density at radius 2 is 2.20 bits per heavy atom. The summed E-state index contributed by atoms with van der Waals surface area (Å²) in [4.78, 5) is 0. The van der Waals surface area contributed by atoms with Crippen molar-refractivity contribution in [1.82, 2.24) is 5.32 Å². The highest BCUT2D eigenvalue weighted by Gasteiger charge is 2.25. The zero-order chi connectivity index (χ0) is 14.4. The molecule has 1 aromatic carbocycles. The number of hydrogen-bond acceptors (Lipinski definition) is 4. The van der Waals surface area contributed by atoms with Crippen LogP contribution in [0.1, 0.15) is 30.7 Å². The van der Waals surface area contributed by atoms with Crippen molar-refractivity contribution in [3.05, 3.63) is 35.9 Å². The maximum atomic E-state index is 8.97. The van der Waals surface area contributed by atoms with Gasteiger partial charge in [0.05, 0.1) is 5.92 Å². The van der Waals surface area contributed by atoms with Crippen LogP contribution in [0.2, 0.25) is 0 Å². The maximum Gasteiger partial charge on any atom is 0.147 e. The van der Waals surface area contributed by atoms with Gasteiger partial charge in [-0.15, -0.1) is 0 Å². The second-order valence-corrected chi connectivity index (χ2v) is 6.40. The molecule has 0 bridgehead atoms. The van der Waals surface area contributed by atoms with Crippen molar-refractivity contribution in [1.29, 1.82) is 0 Å². The van der Waals surface area contributed by atoms with E-state index in [-0.39, 0.29) is 11.8 Å². The lowest BCUT2D eigenvalue weighted by atomic mass is 9.97. The molecule has 4 nitrogen and oxygen atoms in total. The van der Waals surface area contributed by atoms with E-state index in [9.17, 15) is 0 Å². The summed E-state index contributed by atoms with van der Waals surface area (Å²) in [5.41, 5.74) is 6.92. The first-order chi connectivity index (χ1) is 9.74. The summed E-state index contributed by atoms with van der Waals surface area (Å²) < 4.78 is 0. The highest BCUT2D eigenvalue weighted by atomic mass is 32.2. The van der Waals surface area contributed by atoms with Gasteiger partial charge >= 0.3 is 0 Å². The monoisotopic (exact) mass is 293 g/mol. The van der Waals surface area contributed by atoms with Gasteiger partial charge < -0.3 is 16.3 Å². The van der Waals surface area contributed by atoms with Crippen molar-refractivity contribution in [3.8, 4) is 0 Å². The fourth-order valence-corrected chi connectivity index (χ4v) is 3.57. The molecule has 0 amide bonds. The molecular weight excluding hydrogens is 270 g/mol. The molecular formula is C15H23N3OS. The Bertz CT molecular complexity index is 438. The molecule has 3 atom stereocenters. The zero-order valence-corrected chi connectivity index (χ0v) is 12.6. The maximum absolute atomic E-state index is 8.97. The van der Waals surface area contributed by atoms with E-state index in [1.54, 1.807) is 0 Å². The molecule has 1 fully saturated rings. The Morgan fingerprint density at radius 3 is 2.80 bits per heavy atom. The van der Waals surface area contributed by atoms with Crippen molar-refractivity contribution in [3.63, 3.8) is 0 Å². The molecule has 4 N–H and O–H groups in total. The van der Waals surface area contributed by atoms with Gasteiger partial charge in [0.2, 0.25) is 0 Å². The minimum Gasteiger partial charge on any atom is -0.409 e. The normalized spacial score (nSPS) is 24.8. The van der Waals surface area contributed by atoms with Gasteiger partial charge in [-0.25, -0.2) is 0 Å². The molecule has 0 spiro atoms. The largest absolute Gasteiger partial charge is 0.409 e. The van der Waals surface area contributed by atoms with Crippen LogP contribution in [0.5, 0.6) is 0 Å². The van der Waals surface area contributed by atoms with Crippen LogP contribution in [-0.2, 0) is 0 Å². The Balaban J connectivity index is 1.96. The first-order valence-corrected chi connectivity index (χ1v) is 8.32. The second kappa shape index (κ2) is 7.55. The van der Waals surface area contributed by atoms with Crippen LogP contribution in [0, 0.1) is 0 Å². The Morgan fingerprint density at radius 1 is 1.45 bits per heavy atom. The SMILES string of the molecule is CSC1CCC(NCC(/C(N)=N/O)c2ccccc2)C1. The molecule has 0 aliphatic heterocycles. The highest BCUT2D eigenvalue weighted by molar-refractivity contribution is 7.99. The fraction of sp³-hybridized carbons (Fsp3) is 0.533. The van der Waals surface area contributed by atoms with Gasteiger partial charge in [-0.05, 0) is 31.1 Å². The van der Waals surface area contributed by atoms with E-state index in [1.807, 2.05) is 42.1 Å². The van der Waals surface area contributed by atoms with E-state index < -0.39 is 0 Å². The third-order valence-electron chi connectivity index (χ3n) is 4.00. The smallest absolute Gasteiger partial charge is 0.147 e. The molecule has 1 saturated carbocycles. The first kappa shape index (κ1) is 15.2. The summed E-state index contributed by atoms with van der Waals surface area (Å²) in [5.74, 6) is 0.192. The van der Waals surface area contributed by atoms with Gasteiger partial charge in [-0.2, -0.15) is 11.8 Å². The summed E-state index contributed by atoms with van der Waals surface area (Å²) in [5, 5.41) is 16.5. The molecule has 110 valence electrons. The molecule has 1 aromatic rings. The number of amidine groups is 1. The topological polar surface area (TPSA) is 70.6 Å². The highest BCUT2D eigenvalue weighted by Crippen LogP contribution is 2.28. The molecule has 0 heterocycles. The van der Waals surface area contributed by atoms with Gasteiger partial charge in [-0.1, -0.05) is 35.5 Å². The summed E-state index contributed by atoms with van der Waals surface area (Å²) in [6, 6.07) is 10.5. The molecule has 3 unspecified atom stereocenters. The quantitative estimate of drug-likeness (QED) is 0.326. The van der Waals surface area contributed by atoms with Crippen molar-refractivity contribution in [2.24, 2.45) is 10.9 Å². The van der Waals surface area contributed by atoms with E-state index in [1.165, 1.54) is 19.3 Å². The lowest BCUT2D eigenvalue weighted by Crippen LogP contribution is -2.36. The van der Waals surface area contributed by atoms with Gasteiger partial charge in [-0.3, -0.25) is 0 Å². The van der Waals surface area contributed by atoms with Gasteiger partial charge in [0, 0.05) is 17.8 Å². The average Bonchev–Trinajstić information content (AvgIpc) is 2.96. The molecule has 1 aliphatic carbocycles. The van der Waals surface area contributed by atoms with Crippen molar-refractivity contribution < 1.29 is 5.21 Å². The lowest BCUT2D eigenvalue weighted by molar-refractivity contribution is 0.315. The van der Waals surface area contributed by atoms with Crippen LogP contribution in [0.15, 0.2) is 35.5 Å². The number of oxime groups is 1. The van der Waals surface area contributed by atoms with Crippen LogP contribution in [-0.4, -0.2) is 35.1 Å². The van der Waals surface area contributed by atoms with Crippen molar-refractivity contribution in [2.75, 3.05) is 12.8 Å². The minimum absolute atomic E-state index is 0.0745. The molecule has 20 heavy (non-hydrogen) atoms. The Labute approximate surface area is 124 Å². The summed E-state index contributed by atoms with van der Waals surface area (Å²) in [6.45, 7) is 0.714. The standard InChI is InChI=1S/C15H23N3OS/c1-20-13-8-7-12(9-13)17-10-14(15(16)18-19)11-5-3-2-4-6-11/h2-6,12-14,17,19H,7-10H2,1H3,(H2,16,18). The third-order valence-corrected chi connectivity index (χ3v) is 5.10. The van der Waals surface area contributed by atoms with E-state index in [0.717, 1.165) is 10.8 Å². The number of nitrogens with one attached hydrogen (secondary N) is 1. The third kappa shape index (κ3) is 3.90. The van der Waals surface area contributed by atoms with E-state index in [4.69, 9.17) is 10.9 Å². The second-order valence-electron chi connectivity index (χ2n) is 5.26. The van der Waals surface area contributed by atoms with E-state index >= 15 is 0 Å². The molecule has 2 rings (SSSR count). The number of hydrogen-bond donors (Lipinski definition) is 3. The number of benzene rings is 1. The first-order valence-electron chi connectivity index (χ1n) is 7.03. The predicted molar refractivity (Wildman–Crippen MR) is 85.5 cm³/mol. The van der Waals surface area contributed by atoms with Crippen LogP contribution in [0.25, 0.3) is 0 Å². The van der Waals surface area contributed by atoms with E-state index in [2.05, 4.69) is 16.7 Å². The van der Waals surface area contributed by atoms with Gasteiger partial charge in [0.25, 0.3) is 0 Å². The van der Waals surface area contributed by atoms with Crippen LogP contribution in [0.4, 0.5) is 0 Å². The fourth-order valence-electron chi connectivity index (χ4n) is 2.77. The summed E-state index contributed by atoms with van der Waals surface area (Å²) >= 11 is 1.95. The van der Waals surface area contributed by atoms with Crippen LogP contribution < -0.4 is 11.1 Å².